The smallest absolute Gasteiger partial charge is 0.287 e. The highest BCUT2D eigenvalue weighted by Crippen LogP contribution is 2.43. The lowest BCUT2D eigenvalue weighted by Crippen LogP contribution is -2.30. The van der Waals surface area contributed by atoms with Gasteiger partial charge in [-0.2, -0.15) is 0 Å². The molecule has 0 radical (unpaired) electrons. The van der Waals surface area contributed by atoms with Crippen LogP contribution in [0, 0.1) is 25.2 Å². The van der Waals surface area contributed by atoms with E-state index in [2.05, 4.69) is 87.0 Å². The van der Waals surface area contributed by atoms with E-state index in [0.717, 1.165) is 17.9 Å². The van der Waals surface area contributed by atoms with Gasteiger partial charge in [-0.1, -0.05) is 58.6 Å². The third-order valence-electron chi connectivity index (χ3n) is 9.00. The molecular formula is C34H38N3+. The van der Waals surface area contributed by atoms with Crippen LogP contribution in [-0.2, 0) is 19.9 Å². The Morgan fingerprint density at radius 3 is 2.51 bits per heavy atom. The number of rotatable bonds is 3. The molecule has 0 spiro atoms. The van der Waals surface area contributed by atoms with E-state index in [4.69, 9.17) is 4.98 Å². The minimum atomic E-state index is 0.221. The van der Waals surface area contributed by atoms with E-state index in [-0.39, 0.29) is 5.41 Å². The Labute approximate surface area is 219 Å². The topological polar surface area (TPSA) is 21.2 Å². The fourth-order valence-corrected chi connectivity index (χ4v) is 7.33. The third-order valence-corrected chi connectivity index (χ3v) is 9.00. The predicted molar refractivity (Wildman–Crippen MR) is 156 cm³/mol. The van der Waals surface area contributed by atoms with Crippen LogP contribution in [0.3, 0.4) is 0 Å². The molecular weight excluding hydrogens is 450 g/mol. The first kappa shape index (κ1) is 23.0. The van der Waals surface area contributed by atoms with Crippen molar-refractivity contribution in [1.82, 2.24) is 9.38 Å². The van der Waals surface area contributed by atoms with Gasteiger partial charge in [0.1, 0.15) is 5.52 Å². The average Bonchev–Trinajstić information content (AvgIpc) is 3.46. The molecule has 0 unspecified atom stereocenters. The Balaban J connectivity index is 1.71. The summed E-state index contributed by atoms with van der Waals surface area (Å²) < 4.78 is 4.84. The maximum absolute atomic E-state index is 4.99. The molecule has 3 heterocycles. The molecule has 0 N–H and O–H groups in total. The van der Waals surface area contributed by atoms with Gasteiger partial charge in [0.15, 0.2) is 5.52 Å². The van der Waals surface area contributed by atoms with Crippen LogP contribution in [0.5, 0.6) is 0 Å². The third kappa shape index (κ3) is 3.39. The van der Waals surface area contributed by atoms with Crippen LogP contribution in [-0.4, -0.2) is 9.38 Å². The summed E-state index contributed by atoms with van der Waals surface area (Å²) in [5, 5.41) is 5.49. The Kier molecular flexibility index (Phi) is 4.90. The van der Waals surface area contributed by atoms with E-state index in [9.17, 15) is 0 Å². The molecule has 0 amide bonds. The molecule has 0 saturated heterocycles. The van der Waals surface area contributed by atoms with E-state index < -0.39 is 0 Å². The molecule has 3 heteroatoms. The second-order valence-corrected chi connectivity index (χ2v) is 13.0. The molecule has 3 aromatic heterocycles. The highest BCUT2D eigenvalue weighted by molar-refractivity contribution is 6.26. The lowest BCUT2D eigenvalue weighted by atomic mass is 9.86. The predicted octanol–water partition coefficient (Wildman–Crippen LogP) is 8.15. The maximum Gasteiger partial charge on any atom is 0.287 e. The van der Waals surface area contributed by atoms with Gasteiger partial charge in [-0.25, -0.2) is 4.57 Å². The molecule has 0 atom stereocenters. The molecule has 37 heavy (non-hydrogen) atoms. The van der Waals surface area contributed by atoms with Crippen LogP contribution in [0.1, 0.15) is 68.7 Å². The second kappa shape index (κ2) is 7.90. The first-order valence-corrected chi connectivity index (χ1v) is 14.1. The lowest BCUT2D eigenvalue weighted by molar-refractivity contribution is -0.646. The number of benzene rings is 3. The summed E-state index contributed by atoms with van der Waals surface area (Å²) in [6.45, 7) is 11.6. The minimum Gasteiger partial charge on any atom is -0.308 e. The molecule has 3 aromatic carbocycles. The summed E-state index contributed by atoms with van der Waals surface area (Å²) in [7, 11) is 2.16. The van der Waals surface area contributed by atoms with Crippen molar-refractivity contribution in [2.75, 3.05) is 0 Å². The van der Waals surface area contributed by atoms with Crippen LogP contribution in [0.4, 0.5) is 0 Å². The second-order valence-electron chi connectivity index (χ2n) is 13.0. The highest BCUT2D eigenvalue weighted by atomic mass is 15.0. The van der Waals surface area contributed by atoms with Gasteiger partial charge in [-0.05, 0) is 89.5 Å². The number of hydrogen-bond acceptors (Lipinski definition) is 1. The number of aryl methyl sites for hydroxylation is 3. The van der Waals surface area contributed by atoms with Gasteiger partial charge in [0.05, 0.1) is 34.4 Å². The zero-order chi connectivity index (χ0) is 25.6. The summed E-state index contributed by atoms with van der Waals surface area (Å²) in [4.78, 5) is 4.99. The monoisotopic (exact) mass is 488 g/mol. The molecule has 0 aliphatic heterocycles. The lowest BCUT2D eigenvalue weighted by Gasteiger charge is -2.19. The standard InChI is InChI=1S/C34H38N3/c1-20-14-25-30-24(18-34(3,4)5)12-9-13-27(30)37-28-17-23(15-22-10-7-8-11-22)16-26-31(28)33(36(6)19-35-26)29(21(20)2)32(25)37/h9,12-14,16-17,19,22H,7-8,10-11,15,18H2,1-6H3/q+1. The molecule has 1 saturated carbocycles. The van der Waals surface area contributed by atoms with Crippen molar-refractivity contribution < 1.29 is 4.57 Å². The van der Waals surface area contributed by atoms with Crippen molar-refractivity contribution >= 4 is 49.1 Å². The maximum atomic E-state index is 4.99. The molecule has 0 bridgehead atoms. The number of fused-ring (bicyclic) bond motifs is 5. The largest absolute Gasteiger partial charge is 0.308 e. The normalized spacial score (nSPS) is 15.5. The summed E-state index contributed by atoms with van der Waals surface area (Å²) >= 11 is 0. The number of pyridine rings is 1. The molecule has 1 aliphatic rings. The summed E-state index contributed by atoms with van der Waals surface area (Å²) in [5.41, 5.74) is 12.3. The highest BCUT2D eigenvalue weighted by Gasteiger charge is 2.27. The molecule has 1 aliphatic carbocycles. The van der Waals surface area contributed by atoms with Crippen molar-refractivity contribution in [3.63, 3.8) is 0 Å². The van der Waals surface area contributed by atoms with Crippen LogP contribution >= 0.6 is 0 Å². The minimum absolute atomic E-state index is 0.221. The Bertz CT molecular complexity index is 1840. The zero-order valence-corrected chi connectivity index (χ0v) is 23.2. The molecule has 188 valence electrons. The van der Waals surface area contributed by atoms with E-state index in [1.54, 1.807) is 0 Å². The molecule has 6 aromatic rings. The van der Waals surface area contributed by atoms with E-state index >= 15 is 0 Å². The van der Waals surface area contributed by atoms with Crippen molar-refractivity contribution in [2.24, 2.45) is 18.4 Å². The Hall–Kier alpha value is -3.20. The van der Waals surface area contributed by atoms with Crippen LogP contribution in [0.15, 0.2) is 42.7 Å². The Morgan fingerprint density at radius 2 is 1.76 bits per heavy atom. The zero-order valence-electron chi connectivity index (χ0n) is 23.2. The van der Waals surface area contributed by atoms with Crippen molar-refractivity contribution in [1.29, 1.82) is 0 Å². The van der Waals surface area contributed by atoms with E-state index in [1.165, 1.54) is 98.0 Å². The number of nitrogens with zero attached hydrogens (tertiary/aromatic N) is 3. The summed E-state index contributed by atoms with van der Waals surface area (Å²) in [6.07, 6.45) is 9.75. The summed E-state index contributed by atoms with van der Waals surface area (Å²) in [6, 6.07) is 14.3. The first-order valence-electron chi connectivity index (χ1n) is 14.1. The van der Waals surface area contributed by atoms with E-state index in [1.807, 2.05) is 6.33 Å². The van der Waals surface area contributed by atoms with Gasteiger partial charge in [0, 0.05) is 10.8 Å². The fraction of sp³-hybridized carbons (Fsp3) is 0.412. The van der Waals surface area contributed by atoms with Crippen LogP contribution in [0.25, 0.3) is 49.1 Å². The molecule has 7 rings (SSSR count). The number of aromatic nitrogens is 3. The molecule has 1 fully saturated rings. The average molecular weight is 489 g/mol. The van der Waals surface area contributed by atoms with Crippen molar-refractivity contribution in [3.05, 3.63) is 65.0 Å². The van der Waals surface area contributed by atoms with Gasteiger partial charge in [0.2, 0.25) is 0 Å². The number of hydrogen-bond donors (Lipinski definition) is 0. The van der Waals surface area contributed by atoms with Crippen LogP contribution in [0.2, 0.25) is 0 Å². The van der Waals surface area contributed by atoms with Gasteiger partial charge >= 0.3 is 0 Å². The van der Waals surface area contributed by atoms with Gasteiger partial charge in [-0.15, -0.1) is 0 Å². The summed E-state index contributed by atoms with van der Waals surface area (Å²) in [5.74, 6) is 0.810. The van der Waals surface area contributed by atoms with Gasteiger partial charge in [0.25, 0.3) is 6.33 Å². The quantitative estimate of drug-likeness (QED) is 0.140. The van der Waals surface area contributed by atoms with Gasteiger partial charge in [-0.3, -0.25) is 0 Å². The SMILES string of the molecule is Cc1cc2c3c(CC(C)(C)C)cccc3n3c4cc(CC5CCCC5)cc5nc[n+](C)c(c(c1C)c23)c54. The van der Waals surface area contributed by atoms with Crippen molar-refractivity contribution in [2.45, 2.75) is 73.1 Å². The van der Waals surface area contributed by atoms with Gasteiger partial charge < -0.3 is 4.40 Å². The van der Waals surface area contributed by atoms with Crippen molar-refractivity contribution in [3.8, 4) is 0 Å². The molecule has 3 nitrogen and oxygen atoms in total. The Morgan fingerprint density at radius 1 is 0.973 bits per heavy atom. The fourth-order valence-electron chi connectivity index (χ4n) is 7.33. The van der Waals surface area contributed by atoms with E-state index in [0.29, 0.717) is 0 Å². The van der Waals surface area contributed by atoms with Crippen LogP contribution < -0.4 is 4.57 Å². The first-order chi connectivity index (χ1) is 17.7.